The standard InChI is InChI=1S/C14H21NO2S/c1-3-13(4-2)12-15-18(16,17)11-10-14-8-6-5-7-9-14/h5-11,13,15H,3-4,12H2,1-2H3/b11-10+. The van der Waals surface area contributed by atoms with Gasteiger partial charge in [0.05, 0.1) is 0 Å². The second kappa shape index (κ2) is 7.34. The van der Waals surface area contributed by atoms with Crippen molar-refractivity contribution in [3.63, 3.8) is 0 Å². The third kappa shape index (κ3) is 5.47. The molecule has 1 aromatic carbocycles. The molecule has 0 amide bonds. The SMILES string of the molecule is CCC(CC)CNS(=O)(=O)/C=C/c1ccccc1. The van der Waals surface area contributed by atoms with Crippen LogP contribution in [0.5, 0.6) is 0 Å². The van der Waals surface area contributed by atoms with Crippen molar-refractivity contribution in [1.29, 1.82) is 0 Å². The van der Waals surface area contributed by atoms with Crippen LogP contribution in [0.4, 0.5) is 0 Å². The van der Waals surface area contributed by atoms with E-state index in [1.807, 2.05) is 30.3 Å². The lowest BCUT2D eigenvalue weighted by atomic mass is 10.0. The predicted octanol–water partition coefficient (Wildman–Crippen LogP) is 3.01. The highest BCUT2D eigenvalue weighted by Crippen LogP contribution is 2.07. The van der Waals surface area contributed by atoms with Crippen LogP contribution in [0.3, 0.4) is 0 Å². The normalized spacial score (nSPS) is 12.4. The van der Waals surface area contributed by atoms with E-state index in [4.69, 9.17) is 0 Å². The van der Waals surface area contributed by atoms with Gasteiger partial charge in [-0.15, -0.1) is 0 Å². The van der Waals surface area contributed by atoms with Gasteiger partial charge in [0.15, 0.2) is 0 Å². The van der Waals surface area contributed by atoms with Crippen LogP contribution in [0.25, 0.3) is 6.08 Å². The number of benzene rings is 1. The Labute approximate surface area is 110 Å². The molecule has 0 unspecified atom stereocenters. The molecule has 0 aliphatic heterocycles. The number of hydrogen-bond donors (Lipinski definition) is 1. The van der Waals surface area contributed by atoms with E-state index >= 15 is 0 Å². The molecular formula is C14H21NO2S. The molecule has 0 saturated heterocycles. The van der Waals surface area contributed by atoms with Crippen LogP contribution in [0, 0.1) is 5.92 Å². The van der Waals surface area contributed by atoms with Crippen LogP contribution >= 0.6 is 0 Å². The Hall–Kier alpha value is -1.13. The molecule has 3 nitrogen and oxygen atoms in total. The zero-order chi connectivity index (χ0) is 13.4. The van der Waals surface area contributed by atoms with E-state index in [2.05, 4.69) is 18.6 Å². The highest BCUT2D eigenvalue weighted by atomic mass is 32.2. The smallest absolute Gasteiger partial charge is 0.211 e. The highest BCUT2D eigenvalue weighted by molar-refractivity contribution is 7.92. The molecule has 0 heterocycles. The van der Waals surface area contributed by atoms with Crippen molar-refractivity contribution in [1.82, 2.24) is 4.72 Å². The first kappa shape index (κ1) is 14.9. The third-order valence-corrected chi connectivity index (χ3v) is 4.03. The van der Waals surface area contributed by atoms with E-state index in [0.717, 1.165) is 18.4 Å². The Bertz CT molecular complexity index is 462. The average molecular weight is 267 g/mol. The fourth-order valence-corrected chi connectivity index (χ4v) is 2.49. The molecule has 1 rings (SSSR count). The van der Waals surface area contributed by atoms with Crippen molar-refractivity contribution < 1.29 is 8.42 Å². The van der Waals surface area contributed by atoms with Crippen LogP contribution in [0.2, 0.25) is 0 Å². The van der Waals surface area contributed by atoms with Crippen molar-refractivity contribution in [3.8, 4) is 0 Å². The predicted molar refractivity (Wildman–Crippen MR) is 76.5 cm³/mol. The molecule has 0 bridgehead atoms. The van der Waals surface area contributed by atoms with Gasteiger partial charge in [0.2, 0.25) is 10.0 Å². The number of sulfonamides is 1. The number of rotatable bonds is 7. The van der Waals surface area contributed by atoms with Gasteiger partial charge in [0, 0.05) is 12.0 Å². The first-order valence-corrected chi connectivity index (χ1v) is 7.84. The van der Waals surface area contributed by atoms with Gasteiger partial charge in [-0.25, -0.2) is 13.1 Å². The molecule has 0 atom stereocenters. The molecule has 0 aromatic heterocycles. The first-order valence-electron chi connectivity index (χ1n) is 6.30. The number of hydrogen-bond acceptors (Lipinski definition) is 2. The van der Waals surface area contributed by atoms with Crippen LogP contribution in [-0.4, -0.2) is 15.0 Å². The zero-order valence-corrected chi connectivity index (χ0v) is 11.8. The van der Waals surface area contributed by atoms with Crippen LogP contribution in [-0.2, 0) is 10.0 Å². The topological polar surface area (TPSA) is 46.2 Å². The molecule has 0 saturated carbocycles. The summed E-state index contributed by atoms with van der Waals surface area (Å²) in [6.07, 6.45) is 3.58. The fourth-order valence-electron chi connectivity index (χ4n) is 1.59. The zero-order valence-electron chi connectivity index (χ0n) is 11.0. The molecule has 1 aromatic rings. The maximum atomic E-state index is 11.7. The molecule has 0 radical (unpaired) electrons. The Morgan fingerprint density at radius 2 is 1.78 bits per heavy atom. The van der Waals surface area contributed by atoms with Gasteiger partial charge in [-0.3, -0.25) is 0 Å². The summed E-state index contributed by atoms with van der Waals surface area (Å²) in [6, 6.07) is 9.39. The van der Waals surface area contributed by atoms with Gasteiger partial charge >= 0.3 is 0 Å². The van der Waals surface area contributed by atoms with E-state index < -0.39 is 10.0 Å². The van der Waals surface area contributed by atoms with Crippen LogP contribution in [0.1, 0.15) is 32.3 Å². The molecule has 0 fully saturated rings. The van der Waals surface area contributed by atoms with Crippen molar-refractivity contribution in [2.45, 2.75) is 26.7 Å². The summed E-state index contributed by atoms with van der Waals surface area (Å²) < 4.78 is 26.1. The minimum atomic E-state index is -3.33. The quantitative estimate of drug-likeness (QED) is 0.825. The van der Waals surface area contributed by atoms with Crippen molar-refractivity contribution >= 4 is 16.1 Å². The van der Waals surface area contributed by atoms with E-state index in [0.29, 0.717) is 12.5 Å². The van der Waals surface area contributed by atoms with Gasteiger partial charge in [0.25, 0.3) is 0 Å². The van der Waals surface area contributed by atoms with Gasteiger partial charge in [-0.05, 0) is 17.6 Å². The van der Waals surface area contributed by atoms with E-state index in [1.54, 1.807) is 6.08 Å². The minimum absolute atomic E-state index is 0.407. The largest absolute Gasteiger partial charge is 0.233 e. The van der Waals surface area contributed by atoms with Crippen LogP contribution < -0.4 is 4.72 Å². The molecule has 0 aliphatic rings. The molecular weight excluding hydrogens is 246 g/mol. The summed E-state index contributed by atoms with van der Waals surface area (Å²) >= 11 is 0. The lowest BCUT2D eigenvalue weighted by Crippen LogP contribution is -2.27. The molecule has 1 N–H and O–H groups in total. The van der Waals surface area contributed by atoms with E-state index in [1.165, 1.54) is 5.41 Å². The number of nitrogens with one attached hydrogen (secondary N) is 1. The molecule has 100 valence electrons. The van der Waals surface area contributed by atoms with Gasteiger partial charge in [-0.2, -0.15) is 0 Å². The van der Waals surface area contributed by atoms with Crippen molar-refractivity contribution in [2.75, 3.05) is 6.54 Å². The minimum Gasteiger partial charge on any atom is -0.211 e. The Morgan fingerprint density at radius 1 is 1.17 bits per heavy atom. The molecule has 0 aliphatic carbocycles. The lowest BCUT2D eigenvalue weighted by molar-refractivity contribution is 0.481. The third-order valence-electron chi connectivity index (χ3n) is 2.97. The summed E-state index contributed by atoms with van der Waals surface area (Å²) in [4.78, 5) is 0. The summed E-state index contributed by atoms with van der Waals surface area (Å²) in [5, 5.41) is 1.23. The highest BCUT2D eigenvalue weighted by Gasteiger charge is 2.09. The second-order valence-corrected chi connectivity index (χ2v) is 5.94. The second-order valence-electron chi connectivity index (χ2n) is 4.29. The maximum absolute atomic E-state index is 11.7. The van der Waals surface area contributed by atoms with Crippen molar-refractivity contribution in [2.24, 2.45) is 5.92 Å². The lowest BCUT2D eigenvalue weighted by Gasteiger charge is -2.11. The fraction of sp³-hybridized carbons (Fsp3) is 0.429. The van der Waals surface area contributed by atoms with Gasteiger partial charge in [-0.1, -0.05) is 57.0 Å². The summed E-state index contributed by atoms with van der Waals surface area (Å²) in [5.74, 6) is 0.407. The molecule has 18 heavy (non-hydrogen) atoms. The van der Waals surface area contributed by atoms with E-state index in [9.17, 15) is 8.42 Å². The average Bonchev–Trinajstić information content (AvgIpc) is 2.39. The monoisotopic (exact) mass is 267 g/mol. The summed E-state index contributed by atoms with van der Waals surface area (Å²) in [7, 11) is -3.33. The summed E-state index contributed by atoms with van der Waals surface area (Å²) in [5.41, 5.74) is 0.880. The first-order chi connectivity index (χ1) is 8.57. The molecule has 4 heteroatoms. The van der Waals surface area contributed by atoms with E-state index in [-0.39, 0.29) is 0 Å². The van der Waals surface area contributed by atoms with Gasteiger partial charge in [0.1, 0.15) is 0 Å². The van der Waals surface area contributed by atoms with Crippen molar-refractivity contribution in [3.05, 3.63) is 41.3 Å². The van der Waals surface area contributed by atoms with Crippen LogP contribution in [0.15, 0.2) is 35.7 Å². The Kier molecular flexibility index (Phi) is 6.09. The molecule has 0 spiro atoms. The summed E-state index contributed by atoms with van der Waals surface area (Å²) in [6.45, 7) is 4.65. The Morgan fingerprint density at radius 3 is 2.33 bits per heavy atom. The maximum Gasteiger partial charge on any atom is 0.233 e. The van der Waals surface area contributed by atoms with Gasteiger partial charge < -0.3 is 0 Å². The Balaban J connectivity index is 2.57.